The van der Waals surface area contributed by atoms with Crippen molar-refractivity contribution >= 4 is 34.5 Å². The van der Waals surface area contributed by atoms with Crippen molar-refractivity contribution in [2.24, 2.45) is 0 Å². The monoisotopic (exact) mass is 356 g/mol. The van der Waals surface area contributed by atoms with Crippen LogP contribution in [0.5, 0.6) is 0 Å². The van der Waals surface area contributed by atoms with E-state index >= 15 is 0 Å². The molecule has 0 aliphatic carbocycles. The van der Waals surface area contributed by atoms with E-state index in [0.29, 0.717) is 25.3 Å². The zero-order chi connectivity index (χ0) is 17.2. The summed E-state index contributed by atoms with van der Waals surface area (Å²) >= 11 is 1.65. The van der Waals surface area contributed by atoms with Crippen molar-refractivity contribution in [2.45, 2.75) is 31.8 Å². The summed E-state index contributed by atoms with van der Waals surface area (Å²) in [4.78, 5) is 27.5. The van der Waals surface area contributed by atoms with Gasteiger partial charge in [-0.1, -0.05) is 12.1 Å². The summed E-state index contributed by atoms with van der Waals surface area (Å²) in [5.74, 6) is 0.0193. The number of anilines is 2. The molecule has 1 saturated heterocycles. The predicted molar refractivity (Wildman–Crippen MR) is 98.0 cm³/mol. The number of nitrogens with one attached hydrogen (secondary N) is 1. The van der Waals surface area contributed by atoms with Crippen LogP contribution in [0.1, 0.15) is 35.8 Å². The fraction of sp³-hybridized carbons (Fsp3) is 0.368. The van der Waals surface area contributed by atoms with Gasteiger partial charge in [0.15, 0.2) is 0 Å². The second-order valence-electron chi connectivity index (χ2n) is 6.34. The zero-order valence-corrected chi connectivity index (χ0v) is 14.7. The number of hydrogen-bond acceptors (Lipinski definition) is 4. The summed E-state index contributed by atoms with van der Waals surface area (Å²) in [5, 5.41) is 5.02. The normalized spacial score (nSPS) is 19.8. The number of carbonyl (C=O) groups excluding carboxylic acids is 2. The van der Waals surface area contributed by atoms with Gasteiger partial charge in [-0.25, -0.2) is 0 Å². The Morgan fingerprint density at radius 2 is 2.16 bits per heavy atom. The Hall–Kier alpha value is -2.18. The van der Waals surface area contributed by atoms with Crippen molar-refractivity contribution in [3.05, 3.63) is 46.2 Å². The van der Waals surface area contributed by atoms with E-state index < -0.39 is 0 Å². The van der Waals surface area contributed by atoms with Gasteiger partial charge < -0.3 is 15.0 Å². The molecule has 6 heteroatoms. The Balaban J connectivity index is 1.48. The number of nitrogens with zero attached hydrogens (tertiary/aromatic N) is 1. The molecule has 2 amide bonds. The van der Waals surface area contributed by atoms with Crippen LogP contribution in [0.2, 0.25) is 0 Å². The van der Waals surface area contributed by atoms with E-state index in [4.69, 9.17) is 4.74 Å². The minimum atomic E-state index is -0.177. The Bertz CT molecular complexity index is 801. The van der Waals surface area contributed by atoms with Crippen LogP contribution in [-0.2, 0) is 20.7 Å². The van der Waals surface area contributed by atoms with Crippen LogP contribution >= 0.6 is 11.3 Å². The van der Waals surface area contributed by atoms with Gasteiger partial charge in [-0.05, 0) is 42.0 Å². The van der Waals surface area contributed by atoms with Gasteiger partial charge in [-0.3, -0.25) is 9.59 Å². The van der Waals surface area contributed by atoms with E-state index in [0.717, 1.165) is 23.4 Å². The van der Waals surface area contributed by atoms with Crippen molar-refractivity contribution in [2.75, 3.05) is 23.4 Å². The highest BCUT2D eigenvalue weighted by molar-refractivity contribution is 7.10. The van der Waals surface area contributed by atoms with Crippen LogP contribution in [0.3, 0.4) is 0 Å². The molecule has 1 unspecified atom stereocenters. The predicted octanol–water partition coefficient (Wildman–Crippen LogP) is 3.52. The molecule has 2 aliphatic heterocycles. The standard InChI is InChI=1S/C19H20N2O3S/c22-17(12-16-19-13(7-10-24-16)8-11-25-19)20-14-4-1-2-5-15(14)21-9-3-6-18(21)23/h1-2,4-5,8,11,16H,3,6-7,9-10,12H2,(H,20,22). The van der Waals surface area contributed by atoms with Gasteiger partial charge in [-0.15, -0.1) is 11.3 Å². The molecule has 0 radical (unpaired) electrons. The van der Waals surface area contributed by atoms with E-state index in [1.54, 1.807) is 16.2 Å². The van der Waals surface area contributed by atoms with Gasteiger partial charge in [0.2, 0.25) is 11.8 Å². The first-order valence-corrected chi connectivity index (χ1v) is 9.47. The average molecular weight is 356 g/mol. The molecule has 0 saturated carbocycles. The smallest absolute Gasteiger partial charge is 0.227 e. The second-order valence-corrected chi connectivity index (χ2v) is 7.29. The highest BCUT2D eigenvalue weighted by Gasteiger charge is 2.27. The average Bonchev–Trinajstić information content (AvgIpc) is 3.25. The lowest BCUT2D eigenvalue weighted by Gasteiger charge is -2.24. The molecule has 4 rings (SSSR count). The van der Waals surface area contributed by atoms with E-state index in [2.05, 4.69) is 16.8 Å². The quantitative estimate of drug-likeness (QED) is 0.912. The van der Waals surface area contributed by atoms with Gasteiger partial charge in [0.1, 0.15) is 6.10 Å². The molecule has 1 aromatic carbocycles. The molecular formula is C19H20N2O3S. The summed E-state index contributed by atoms with van der Waals surface area (Å²) in [7, 11) is 0. The number of ether oxygens (including phenoxy) is 1. The molecule has 5 nitrogen and oxygen atoms in total. The van der Waals surface area contributed by atoms with Gasteiger partial charge >= 0.3 is 0 Å². The van der Waals surface area contributed by atoms with Gasteiger partial charge in [0.25, 0.3) is 0 Å². The van der Waals surface area contributed by atoms with Gasteiger partial charge in [0, 0.05) is 17.8 Å². The molecule has 1 fully saturated rings. The molecular weight excluding hydrogens is 336 g/mol. The van der Waals surface area contributed by atoms with Crippen molar-refractivity contribution in [1.82, 2.24) is 0 Å². The van der Waals surface area contributed by atoms with Crippen LogP contribution < -0.4 is 10.2 Å². The number of hydrogen-bond donors (Lipinski definition) is 1. The first kappa shape index (κ1) is 16.3. The van der Waals surface area contributed by atoms with Crippen LogP contribution in [0.25, 0.3) is 0 Å². The summed E-state index contributed by atoms with van der Waals surface area (Å²) in [6.45, 7) is 1.36. The number of rotatable bonds is 4. The van der Waals surface area contributed by atoms with E-state index in [1.807, 2.05) is 24.3 Å². The summed E-state index contributed by atoms with van der Waals surface area (Å²) in [6.07, 6.45) is 2.45. The summed E-state index contributed by atoms with van der Waals surface area (Å²) in [5.41, 5.74) is 2.75. The van der Waals surface area contributed by atoms with E-state index in [-0.39, 0.29) is 24.3 Å². The third kappa shape index (κ3) is 3.32. The maximum Gasteiger partial charge on any atom is 0.227 e. The lowest BCUT2D eigenvalue weighted by Crippen LogP contribution is -2.26. The molecule has 25 heavy (non-hydrogen) atoms. The number of para-hydroxylation sites is 2. The van der Waals surface area contributed by atoms with Gasteiger partial charge in [0.05, 0.1) is 24.4 Å². The minimum absolute atomic E-state index is 0.0923. The molecule has 0 spiro atoms. The number of thiophene rings is 1. The van der Waals surface area contributed by atoms with E-state index in [1.165, 1.54) is 5.56 Å². The third-order valence-corrected chi connectivity index (χ3v) is 5.73. The van der Waals surface area contributed by atoms with Crippen molar-refractivity contribution in [3.8, 4) is 0 Å². The molecule has 0 bridgehead atoms. The third-order valence-electron chi connectivity index (χ3n) is 4.68. The topological polar surface area (TPSA) is 58.6 Å². The molecule has 1 N–H and O–H groups in total. The molecule has 2 aromatic rings. The summed E-state index contributed by atoms with van der Waals surface area (Å²) in [6, 6.07) is 9.60. The Morgan fingerprint density at radius 1 is 1.28 bits per heavy atom. The highest BCUT2D eigenvalue weighted by atomic mass is 32.1. The largest absolute Gasteiger partial charge is 0.372 e. The first-order valence-electron chi connectivity index (χ1n) is 8.59. The van der Waals surface area contributed by atoms with Crippen molar-refractivity contribution in [1.29, 1.82) is 0 Å². The first-order chi connectivity index (χ1) is 12.2. The Morgan fingerprint density at radius 3 is 3.00 bits per heavy atom. The zero-order valence-electron chi connectivity index (χ0n) is 13.9. The van der Waals surface area contributed by atoms with Crippen molar-refractivity contribution in [3.63, 3.8) is 0 Å². The molecule has 3 heterocycles. The minimum Gasteiger partial charge on any atom is -0.372 e. The SMILES string of the molecule is O=C(CC1OCCc2ccsc21)Nc1ccccc1N1CCCC1=O. The van der Waals surface area contributed by atoms with Crippen molar-refractivity contribution < 1.29 is 14.3 Å². The van der Waals surface area contributed by atoms with Crippen LogP contribution in [0.4, 0.5) is 11.4 Å². The Labute approximate surface area is 150 Å². The van der Waals surface area contributed by atoms with Crippen LogP contribution in [0.15, 0.2) is 35.7 Å². The maximum absolute atomic E-state index is 12.6. The lowest BCUT2D eigenvalue weighted by atomic mass is 10.1. The molecule has 1 atom stereocenters. The number of fused-ring (bicyclic) bond motifs is 1. The Kier molecular flexibility index (Phi) is 4.55. The van der Waals surface area contributed by atoms with Crippen LogP contribution in [0, 0.1) is 0 Å². The van der Waals surface area contributed by atoms with Crippen LogP contribution in [-0.4, -0.2) is 25.0 Å². The summed E-state index contributed by atoms with van der Waals surface area (Å²) < 4.78 is 5.80. The lowest BCUT2D eigenvalue weighted by molar-refractivity contribution is -0.119. The second kappa shape index (κ2) is 6.98. The number of carbonyl (C=O) groups is 2. The van der Waals surface area contributed by atoms with Gasteiger partial charge in [-0.2, -0.15) is 0 Å². The molecule has 2 aliphatic rings. The van der Waals surface area contributed by atoms with E-state index in [9.17, 15) is 9.59 Å². The molecule has 1 aromatic heterocycles. The maximum atomic E-state index is 12.6. The number of benzene rings is 1. The fourth-order valence-electron chi connectivity index (χ4n) is 3.46. The number of amides is 2. The highest BCUT2D eigenvalue weighted by Crippen LogP contribution is 2.35. The fourth-order valence-corrected chi connectivity index (χ4v) is 4.47. The molecule has 130 valence electrons.